The minimum absolute atomic E-state index is 0.0113. The molecule has 0 aromatic carbocycles. The molecular formula is C16H27N3O2. The molecule has 0 radical (unpaired) electrons. The fraction of sp³-hybridized carbons (Fsp3) is 0.750. The van der Waals surface area contributed by atoms with Crippen LogP contribution in [0.5, 0.6) is 5.88 Å². The number of hydrogen-bond acceptors (Lipinski definition) is 5. The van der Waals surface area contributed by atoms with Gasteiger partial charge in [-0.1, -0.05) is 20.3 Å². The standard InChI is InChI=1S/C16H27N3O2/c1-4-6-9-21-15-11-14(17-12(3)5-2)18-16(19-15)13-8-7-10-20-13/h11-13H,4-10H2,1-3H3,(H,17,18,19). The van der Waals surface area contributed by atoms with Gasteiger partial charge in [-0.15, -0.1) is 0 Å². The Hall–Kier alpha value is -1.36. The zero-order valence-electron chi connectivity index (χ0n) is 13.4. The van der Waals surface area contributed by atoms with Crippen molar-refractivity contribution in [2.45, 2.75) is 65.0 Å². The number of rotatable bonds is 8. The molecule has 5 heteroatoms. The van der Waals surface area contributed by atoms with Gasteiger partial charge in [-0.2, -0.15) is 4.98 Å². The second kappa shape index (κ2) is 8.17. The third-order valence-corrected chi connectivity index (χ3v) is 3.69. The molecule has 0 spiro atoms. The van der Waals surface area contributed by atoms with Crippen molar-refractivity contribution in [3.63, 3.8) is 0 Å². The molecule has 0 saturated carbocycles. The van der Waals surface area contributed by atoms with Crippen LogP contribution in [0.15, 0.2) is 6.07 Å². The highest BCUT2D eigenvalue weighted by Crippen LogP contribution is 2.28. The molecule has 2 atom stereocenters. The number of aromatic nitrogens is 2. The van der Waals surface area contributed by atoms with E-state index >= 15 is 0 Å². The van der Waals surface area contributed by atoms with Gasteiger partial charge in [0.2, 0.25) is 5.88 Å². The van der Waals surface area contributed by atoms with E-state index in [1.54, 1.807) is 0 Å². The summed E-state index contributed by atoms with van der Waals surface area (Å²) < 4.78 is 11.5. The zero-order chi connectivity index (χ0) is 15.1. The Morgan fingerprint density at radius 1 is 1.43 bits per heavy atom. The summed E-state index contributed by atoms with van der Waals surface area (Å²) in [5, 5.41) is 3.40. The SMILES string of the molecule is CCCCOc1cc(NC(C)CC)nc(C2CCCO2)n1. The van der Waals surface area contributed by atoms with E-state index in [2.05, 4.69) is 36.1 Å². The molecule has 1 aromatic rings. The lowest BCUT2D eigenvalue weighted by Gasteiger charge is -2.16. The van der Waals surface area contributed by atoms with E-state index in [-0.39, 0.29) is 6.10 Å². The maximum absolute atomic E-state index is 5.76. The second-order valence-electron chi connectivity index (χ2n) is 5.61. The minimum Gasteiger partial charge on any atom is -0.478 e. The van der Waals surface area contributed by atoms with E-state index in [0.29, 0.717) is 18.5 Å². The normalized spacial score (nSPS) is 19.5. The Morgan fingerprint density at radius 3 is 2.95 bits per heavy atom. The van der Waals surface area contributed by atoms with Crippen molar-refractivity contribution in [2.24, 2.45) is 0 Å². The van der Waals surface area contributed by atoms with E-state index in [9.17, 15) is 0 Å². The average molecular weight is 293 g/mol. The second-order valence-corrected chi connectivity index (χ2v) is 5.61. The Morgan fingerprint density at radius 2 is 2.29 bits per heavy atom. The van der Waals surface area contributed by atoms with Crippen LogP contribution in [0.25, 0.3) is 0 Å². The molecule has 1 saturated heterocycles. The number of hydrogen-bond donors (Lipinski definition) is 1. The van der Waals surface area contributed by atoms with Gasteiger partial charge in [0.15, 0.2) is 5.82 Å². The van der Waals surface area contributed by atoms with Gasteiger partial charge in [0.25, 0.3) is 0 Å². The van der Waals surface area contributed by atoms with Crippen molar-refractivity contribution in [1.82, 2.24) is 9.97 Å². The van der Waals surface area contributed by atoms with Crippen LogP contribution in [0.1, 0.15) is 64.8 Å². The van der Waals surface area contributed by atoms with Crippen molar-refractivity contribution in [3.05, 3.63) is 11.9 Å². The van der Waals surface area contributed by atoms with Crippen LogP contribution in [0.3, 0.4) is 0 Å². The smallest absolute Gasteiger partial charge is 0.218 e. The topological polar surface area (TPSA) is 56.3 Å². The highest BCUT2D eigenvalue weighted by molar-refractivity contribution is 5.39. The summed E-state index contributed by atoms with van der Waals surface area (Å²) in [7, 11) is 0. The van der Waals surface area contributed by atoms with Crippen LogP contribution >= 0.6 is 0 Å². The van der Waals surface area contributed by atoms with Crippen molar-refractivity contribution < 1.29 is 9.47 Å². The van der Waals surface area contributed by atoms with Gasteiger partial charge in [-0.3, -0.25) is 0 Å². The highest BCUT2D eigenvalue weighted by Gasteiger charge is 2.22. The first-order valence-electron chi connectivity index (χ1n) is 8.12. The Balaban J connectivity index is 2.13. The molecule has 118 valence electrons. The van der Waals surface area contributed by atoms with Crippen LogP contribution in [0.4, 0.5) is 5.82 Å². The number of ether oxygens (including phenoxy) is 2. The first-order valence-corrected chi connectivity index (χ1v) is 8.12. The Labute approximate surface area is 127 Å². The molecule has 0 amide bonds. The number of nitrogens with one attached hydrogen (secondary N) is 1. The lowest BCUT2D eigenvalue weighted by molar-refractivity contribution is 0.104. The third-order valence-electron chi connectivity index (χ3n) is 3.69. The van der Waals surface area contributed by atoms with Crippen molar-refractivity contribution in [3.8, 4) is 5.88 Å². The lowest BCUT2D eigenvalue weighted by Crippen LogP contribution is -2.16. The molecule has 0 bridgehead atoms. The molecular weight excluding hydrogens is 266 g/mol. The first-order chi connectivity index (χ1) is 10.2. The fourth-order valence-electron chi connectivity index (χ4n) is 2.19. The molecule has 1 aliphatic heterocycles. The van der Waals surface area contributed by atoms with E-state index in [1.165, 1.54) is 0 Å². The van der Waals surface area contributed by atoms with Crippen LogP contribution < -0.4 is 10.1 Å². The van der Waals surface area contributed by atoms with Crippen molar-refractivity contribution in [2.75, 3.05) is 18.5 Å². The van der Waals surface area contributed by atoms with Crippen LogP contribution in [0.2, 0.25) is 0 Å². The predicted molar refractivity (Wildman–Crippen MR) is 83.7 cm³/mol. The summed E-state index contributed by atoms with van der Waals surface area (Å²) in [4.78, 5) is 9.13. The summed E-state index contributed by atoms with van der Waals surface area (Å²) in [6, 6.07) is 2.26. The predicted octanol–water partition coefficient (Wildman–Crippen LogP) is 3.72. The quantitative estimate of drug-likeness (QED) is 0.740. The first kappa shape index (κ1) is 16.0. The van der Waals surface area contributed by atoms with Gasteiger partial charge < -0.3 is 14.8 Å². The van der Waals surface area contributed by atoms with Gasteiger partial charge in [-0.05, 0) is 32.6 Å². The van der Waals surface area contributed by atoms with Gasteiger partial charge >= 0.3 is 0 Å². The summed E-state index contributed by atoms with van der Waals surface area (Å²) in [6.07, 6.45) is 5.27. The average Bonchev–Trinajstić information content (AvgIpc) is 3.01. The maximum Gasteiger partial charge on any atom is 0.218 e. The van der Waals surface area contributed by atoms with Crippen molar-refractivity contribution >= 4 is 5.82 Å². The fourth-order valence-corrected chi connectivity index (χ4v) is 2.19. The van der Waals surface area contributed by atoms with Crippen LogP contribution in [-0.2, 0) is 4.74 Å². The third kappa shape index (κ3) is 4.84. The maximum atomic E-state index is 5.76. The Bertz CT molecular complexity index is 434. The Kier molecular flexibility index (Phi) is 6.23. The van der Waals surface area contributed by atoms with Crippen LogP contribution in [0, 0.1) is 0 Å². The molecule has 2 unspecified atom stereocenters. The summed E-state index contributed by atoms with van der Waals surface area (Å²) in [5.74, 6) is 2.22. The highest BCUT2D eigenvalue weighted by atomic mass is 16.5. The van der Waals surface area contributed by atoms with E-state index in [0.717, 1.165) is 50.4 Å². The summed E-state index contributed by atoms with van der Waals surface area (Å²) >= 11 is 0. The van der Waals surface area contributed by atoms with Crippen LogP contribution in [-0.4, -0.2) is 29.2 Å². The van der Waals surface area contributed by atoms with Crippen molar-refractivity contribution in [1.29, 1.82) is 0 Å². The van der Waals surface area contributed by atoms with Gasteiger partial charge in [0, 0.05) is 18.7 Å². The van der Waals surface area contributed by atoms with E-state index < -0.39 is 0 Å². The number of nitrogens with zero attached hydrogens (tertiary/aromatic N) is 2. The van der Waals surface area contributed by atoms with Gasteiger partial charge in [0.1, 0.15) is 11.9 Å². The monoisotopic (exact) mass is 293 g/mol. The molecule has 5 nitrogen and oxygen atoms in total. The van der Waals surface area contributed by atoms with E-state index in [4.69, 9.17) is 9.47 Å². The van der Waals surface area contributed by atoms with Gasteiger partial charge in [0.05, 0.1) is 6.61 Å². The molecule has 21 heavy (non-hydrogen) atoms. The lowest BCUT2D eigenvalue weighted by atomic mass is 10.2. The van der Waals surface area contributed by atoms with E-state index in [1.807, 2.05) is 6.07 Å². The molecule has 2 heterocycles. The zero-order valence-corrected chi connectivity index (χ0v) is 13.4. The molecule has 1 N–H and O–H groups in total. The number of anilines is 1. The summed E-state index contributed by atoms with van der Waals surface area (Å²) in [5.41, 5.74) is 0. The summed E-state index contributed by atoms with van der Waals surface area (Å²) in [6.45, 7) is 7.94. The van der Waals surface area contributed by atoms with Gasteiger partial charge in [-0.25, -0.2) is 4.98 Å². The largest absolute Gasteiger partial charge is 0.478 e. The molecule has 0 aliphatic carbocycles. The molecule has 1 aliphatic rings. The molecule has 1 aromatic heterocycles. The number of unbranched alkanes of at least 4 members (excludes halogenated alkanes) is 1. The molecule has 1 fully saturated rings. The molecule has 2 rings (SSSR count). The minimum atomic E-state index is 0.0113.